The third-order valence-corrected chi connectivity index (χ3v) is 3.71. The molecule has 2 amide bonds. The quantitative estimate of drug-likeness (QED) is 0.883. The summed E-state index contributed by atoms with van der Waals surface area (Å²) in [6, 6.07) is 4.13. The average Bonchev–Trinajstić information content (AvgIpc) is 2.52. The van der Waals surface area contributed by atoms with Crippen molar-refractivity contribution in [2.45, 2.75) is 19.4 Å². The maximum Gasteiger partial charge on any atom is 0.319 e. The van der Waals surface area contributed by atoms with Gasteiger partial charge in [0.05, 0.1) is 42.1 Å². The average molecular weight is 341 g/mol. The molecule has 2 rings (SSSR count). The summed E-state index contributed by atoms with van der Waals surface area (Å²) in [7, 11) is 0. The second-order valence-corrected chi connectivity index (χ2v) is 5.63. The molecule has 1 fully saturated rings. The zero-order valence-corrected chi connectivity index (χ0v) is 13.5. The molecule has 1 aliphatic heterocycles. The number of nitriles is 1. The van der Waals surface area contributed by atoms with Crippen molar-refractivity contribution in [3.63, 3.8) is 0 Å². The SMILES string of the molecule is CC(CC#N)NC(=O)Nc1ccc(Cl)c(F)c1N1CCOCC1. The molecule has 1 aromatic rings. The number of nitrogens with zero attached hydrogens (tertiary/aromatic N) is 2. The number of hydrogen-bond donors (Lipinski definition) is 2. The normalized spacial score (nSPS) is 15.7. The second-order valence-electron chi connectivity index (χ2n) is 5.22. The Morgan fingerprint density at radius 3 is 2.87 bits per heavy atom. The molecule has 0 radical (unpaired) electrons. The lowest BCUT2D eigenvalue weighted by molar-refractivity contribution is 0.122. The van der Waals surface area contributed by atoms with Crippen molar-refractivity contribution < 1.29 is 13.9 Å². The number of morpholine rings is 1. The van der Waals surface area contributed by atoms with Crippen LogP contribution in [0.1, 0.15) is 13.3 Å². The van der Waals surface area contributed by atoms with Crippen molar-refractivity contribution in [1.29, 1.82) is 5.26 Å². The van der Waals surface area contributed by atoms with Crippen molar-refractivity contribution in [1.82, 2.24) is 5.32 Å². The van der Waals surface area contributed by atoms with Gasteiger partial charge in [0, 0.05) is 19.1 Å². The molecule has 124 valence electrons. The summed E-state index contributed by atoms with van der Waals surface area (Å²) in [5, 5.41) is 13.9. The fraction of sp³-hybridized carbons (Fsp3) is 0.467. The highest BCUT2D eigenvalue weighted by molar-refractivity contribution is 6.31. The molecule has 0 aliphatic carbocycles. The Bertz CT molecular complexity index is 614. The second kappa shape index (κ2) is 7.99. The minimum absolute atomic E-state index is 0.00435. The summed E-state index contributed by atoms with van der Waals surface area (Å²) in [6.45, 7) is 3.71. The molecule has 6 nitrogen and oxygen atoms in total. The van der Waals surface area contributed by atoms with Gasteiger partial charge in [0.15, 0.2) is 5.82 Å². The summed E-state index contributed by atoms with van der Waals surface area (Å²) in [6.07, 6.45) is 0.193. The number of halogens is 2. The van der Waals surface area contributed by atoms with Gasteiger partial charge in [-0.05, 0) is 19.1 Å². The lowest BCUT2D eigenvalue weighted by Crippen LogP contribution is -2.39. The van der Waals surface area contributed by atoms with Crippen LogP contribution in [0.25, 0.3) is 0 Å². The molecule has 2 N–H and O–H groups in total. The van der Waals surface area contributed by atoms with E-state index in [9.17, 15) is 9.18 Å². The van der Waals surface area contributed by atoms with Gasteiger partial charge in [0.2, 0.25) is 0 Å². The van der Waals surface area contributed by atoms with E-state index in [1.165, 1.54) is 6.07 Å². The Balaban J connectivity index is 2.19. The number of ether oxygens (including phenoxy) is 1. The zero-order valence-electron chi connectivity index (χ0n) is 12.7. The van der Waals surface area contributed by atoms with Gasteiger partial charge in [-0.25, -0.2) is 9.18 Å². The van der Waals surface area contributed by atoms with Crippen LogP contribution >= 0.6 is 11.6 Å². The van der Waals surface area contributed by atoms with Crippen LogP contribution in [-0.2, 0) is 4.74 Å². The van der Waals surface area contributed by atoms with Gasteiger partial charge in [0.25, 0.3) is 0 Å². The summed E-state index contributed by atoms with van der Waals surface area (Å²) >= 11 is 5.87. The van der Waals surface area contributed by atoms with Crippen LogP contribution in [0.15, 0.2) is 12.1 Å². The van der Waals surface area contributed by atoms with Crippen molar-refractivity contribution in [3.05, 3.63) is 23.0 Å². The van der Waals surface area contributed by atoms with Crippen molar-refractivity contribution in [3.8, 4) is 6.07 Å². The number of benzene rings is 1. The molecule has 1 heterocycles. The molecule has 0 aromatic heterocycles. The molecule has 1 atom stereocenters. The Morgan fingerprint density at radius 2 is 2.22 bits per heavy atom. The third kappa shape index (κ3) is 4.47. The lowest BCUT2D eigenvalue weighted by Gasteiger charge is -2.31. The monoisotopic (exact) mass is 340 g/mol. The summed E-state index contributed by atoms with van der Waals surface area (Å²) in [5.74, 6) is -0.573. The van der Waals surface area contributed by atoms with Crippen molar-refractivity contribution >= 4 is 29.0 Å². The summed E-state index contributed by atoms with van der Waals surface area (Å²) in [5.41, 5.74) is 0.583. The number of rotatable bonds is 4. The predicted molar refractivity (Wildman–Crippen MR) is 86.3 cm³/mol. The molecule has 1 saturated heterocycles. The molecule has 1 aromatic carbocycles. The van der Waals surface area contributed by atoms with Gasteiger partial charge in [0.1, 0.15) is 0 Å². The number of anilines is 2. The Kier molecular flexibility index (Phi) is 6.02. The lowest BCUT2D eigenvalue weighted by atomic mass is 10.2. The zero-order chi connectivity index (χ0) is 16.8. The van der Waals surface area contributed by atoms with Gasteiger partial charge in [-0.1, -0.05) is 11.6 Å². The molecule has 23 heavy (non-hydrogen) atoms. The summed E-state index contributed by atoms with van der Waals surface area (Å²) < 4.78 is 19.7. The van der Waals surface area contributed by atoms with Crippen LogP contribution in [0, 0.1) is 17.1 Å². The first-order chi connectivity index (χ1) is 11.0. The molecular weight excluding hydrogens is 323 g/mol. The third-order valence-electron chi connectivity index (χ3n) is 3.42. The highest BCUT2D eigenvalue weighted by Crippen LogP contribution is 2.34. The van der Waals surface area contributed by atoms with E-state index in [-0.39, 0.29) is 23.2 Å². The van der Waals surface area contributed by atoms with E-state index in [1.807, 2.05) is 6.07 Å². The van der Waals surface area contributed by atoms with Crippen LogP contribution in [-0.4, -0.2) is 38.4 Å². The van der Waals surface area contributed by atoms with Crippen molar-refractivity contribution in [2.75, 3.05) is 36.5 Å². The highest BCUT2D eigenvalue weighted by atomic mass is 35.5. The topological polar surface area (TPSA) is 77.4 Å². The maximum absolute atomic E-state index is 14.5. The number of urea groups is 1. The van der Waals surface area contributed by atoms with E-state index in [0.717, 1.165) is 0 Å². The van der Waals surface area contributed by atoms with Gasteiger partial charge in [-0.2, -0.15) is 5.26 Å². The van der Waals surface area contributed by atoms with Gasteiger partial charge in [-0.15, -0.1) is 0 Å². The summed E-state index contributed by atoms with van der Waals surface area (Å²) in [4.78, 5) is 13.8. The molecule has 1 unspecified atom stereocenters. The first-order valence-corrected chi connectivity index (χ1v) is 7.66. The van der Waals surface area contributed by atoms with E-state index in [0.29, 0.717) is 32.0 Å². The van der Waals surface area contributed by atoms with Crippen LogP contribution in [0.5, 0.6) is 0 Å². The minimum Gasteiger partial charge on any atom is -0.378 e. The van der Waals surface area contributed by atoms with Crippen LogP contribution < -0.4 is 15.5 Å². The first-order valence-electron chi connectivity index (χ1n) is 7.28. The molecule has 0 spiro atoms. The first kappa shape index (κ1) is 17.3. The number of hydrogen-bond acceptors (Lipinski definition) is 4. The van der Waals surface area contributed by atoms with Gasteiger partial charge >= 0.3 is 6.03 Å². The molecule has 0 bridgehead atoms. The number of nitrogens with one attached hydrogen (secondary N) is 2. The number of carbonyl (C=O) groups excluding carboxylic acids is 1. The van der Waals surface area contributed by atoms with E-state index in [1.54, 1.807) is 17.9 Å². The van der Waals surface area contributed by atoms with Crippen LogP contribution in [0.4, 0.5) is 20.6 Å². The predicted octanol–water partition coefficient (Wildman–Crippen LogP) is 2.74. The van der Waals surface area contributed by atoms with Crippen LogP contribution in [0.2, 0.25) is 5.02 Å². The van der Waals surface area contributed by atoms with E-state index in [4.69, 9.17) is 21.6 Å². The number of amides is 2. The van der Waals surface area contributed by atoms with Gasteiger partial charge < -0.3 is 20.3 Å². The van der Waals surface area contributed by atoms with E-state index >= 15 is 0 Å². The molecule has 0 saturated carbocycles. The fourth-order valence-corrected chi connectivity index (χ4v) is 2.46. The minimum atomic E-state index is -0.573. The van der Waals surface area contributed by atoms with Gasteiger partial charge in [-0.3, -0.25) is 0 Å². The van der Waals surface area contributed by atoms with E-state index < -0.39 is 11.8 Å². The Hall–Kier alpha value is -2.04. The van der Waals surface area contributed by atoms with Crippen LogP contribution in [0.3, 0.4) is 0 Å². The standard InChI is InChI=1S/C15H18ClFN4O2/c1-10(4-5-18)19-15(22)20-12-3-2-11(16)13(17)14(12)21-6-8-23-9-7-21/h2-3,10H,4,6-9H2,1H3,(H2,19,20,22). The van der Waals surface area contributed by atoms with E-state index in [2.05, 4.69) is 10.6 Å². The maximum atomic E-state index is 14.5. The largest absolute Gasteiger partial charge is 0.378 e. The Labute approximate surface area is 139 Å². The Morgan fingerprint density at radius 1 is 1.52 bits per heavy atom. The number of carbonyl (C=O) groups is 1. The molecular formula is C15H18ClFN4O2. The fourth-order valence-electron chi connectivity index (χ4n) is 2.31. The highest BCUT2D eigenvalue weighted by Gasteiger charge is 2.22. The van der Waals surface area contributed by atoms with Crippen molar-refractivity contribution in [2.24, 2.45) is 0 Å². The smallest absolute Gasteiger partial charge is 0.319 e. The molecule has 8 heteroatoms. The molecule has 1 aliphatic rings.